The van der Waals surface area contributed by atoms with E-state index in [1.165, 1.54) is 231 Å². The fourth-order valence-corrected chi connectivity index (χ4v) is 8.96. The van der Waals surface area contributed by atoms with Crippen molar-refractivity contribution in [3.8, 4) is 0 Å². The predicted molar refractivity (Wildman–Crippen MR) is 264 cm³/mol. The van der Waals surface area contributed by atoms with Gasteiger partial charge in [-0.3, -0.25) is 9.59 Å². The van der Waals surface area contributed by atoms with Gasteiger partial charge in [0.2, 0.25) is 5.91 Å². The number of unbranched alkanes of at least 4 members (excludes halogenated alkanes) is 39. The fraction of sp³-hybridized carbons (Fsp3) is 0.964. The van der Waals surface area contributed by atoms with Gasteiger partial charge in [-0.25, -0.2) is 0 Å². The molecule has 0 saturated carbocycles. The van der Waals surface area contributed by atoms with Crippen molar-refractivity contribution in [2.24, 2.45) is 0 Å². The summed E-state index contributed by atoms with van der Waals surface area (Å²) in [6.45, 7) is 6.52. The summed E-state index contributed by atoms with van der Waals surface area (Å²) in [5, 5.41) is 23.8. The Morgan fingerprint density at radius 2 is 0.689 bits per heavy atom. The maximum atomic E-state index is 13.2. The summed E-state index contributed by atoms with van der Waals surface area (Å²) in [6, 6.07) is -0.692. The van der Waals surface area contributed by atoms with Gasteiger partial charge in [0.05, 0.1) is 25.2 Å². The number of hydrogen-bond donors (Lipinski definition) is 3. The van der Waals surface area contributed by atoms with Crippen LogP contribution in [0, 0.1) is 0 Å². The zero-order valence-electron chi connectivity index (χ0n) is 41.6. The molecule has 364 valence electrons. The number of aliphatic hydroxyl groups excluding tert-OH is 2. The molecule has 0 aliphatic rings. The number of hydrogen-bond acceptors (Lipinski definition) is 5. The van der Waals surface area contributed by atoms with Gasteiger partial charge in [0.1, 0.15) is 6.10 Å². The molecule has 3 unspecified atom stereocenters. The van der Waals surface area contributed by atoms with Gasteiger partial charge in [-0.1, -0.05) is 278 Å². The average Bonchev–Trinajstić information content (AvgIpc) is 3.25. The van der Waals surface area contributed by atoms with Crippen LogP contribution < -0.4 is 5.32 Å². The van der Waals surface area contributed by atoms with Crippen LogP contribution in [0.1, 0.15) is 316 Å². The predicted octanol–water partition coefficient (Wildman–Crippen LogP) is 16.7. The number of nitrogens with one attached hydrogen (secondary N) is 1. The number of rotatable bonds is 51. The summed E-state index contributed by atoms with van der Waals surface area (Å²) in [6.07, 6.45) is 54.5. The van der Waals surface area contributed by atoms with Gasteiger partial charge in [-0.2, -0.15) is 0 Å². The fourth-order valence-electron chi connectivity index (χ4n) is 8.96. The number of aliphatic hydroxyl groups is 2. The van der Waals surface area contributed by atoms with E-state index in [9.17, 15) is 19.8 Å². The van der Waals surface area contributed by atoms with Crippen LogP contribution in [0.3, 0.4) is 0 Å². The molecule has 0 spiro atoms. The number of esters is 1. The summed E-state index contributed by atoms with van der Waals surface area (Å²) < 4.78 is 5.95. The van der Waals surface area contributed by atoms with Crippen molar-refractivity contribution in [3.05, 3.63) is 0 Å². The van der Waals surface area contributed by atoms with E-state index >= 15 is 0 Å². The van der Waals surface area contributed by atoms with E-state index in [1.54, 1.807) is 0 Å². The number of amides is 1. The van der Waals surface area contributed by atoms with Crippen LogP contribution in [0.15, 0.2) is 0 Å². The molecule has 0 aromatic heterocycles. The molecular weight excluding hydrogens is 755 g/mol. The Kier molecular flexibility index (Phi) is 48.9. The van der Waals surface area contributed by atoms with E-state index in [1.807, 2.05) is 0 Å². The second kappa shape index (κ2) is 49.9. The molecule has 0 fully saturated rings. The molecular formula is C55H109NO5. The summed E-state index contributed by atoms with van der Waals surface area (Å²) >= 11 is 0. The van der Waals surface area contributed by atoms with Gasteiger partial charge >= 0.3 is 5.97 Å². The van der Waals surface area contributed by atoms with E-state index < -0.39 is 18.2 Å². The van der Waals surface area contributed by atoms with Gasteiger partial charge in [-0.05, 0) is 25.7 Å². The minimum absolute atomic E-state index is 0.0881. The first-order valence-electron chi connectivity index (χ1n) is 27.8. The monoisotopic (exact) mass is 864 g/mol. The van der Waals surface area contributed by atoms with Crippen molar-refractivity contribution in [3.63, 3.8) is 0 Å². The molecule has 0 saturated heterocycles. The first kappa shape index (κ1) is 59.9. The molecule has 3 N–H and O–H groups in total. The molecule has 0 aliphatic carbocycles. The molecule has 3 atom stereocenters. The summed E-state index contributed by atoms with van der Waals surface area (Å²) in [4.78, 5) is 26.2. The minimum atomic E-state index is -0.779. The first-order chi connectivity index (χ1) is 30.0. The van der Waals surface area contributed by atoms with Gasteiger partial charge in [0.15, 0.2) is 0 Å². The van der Waals surface area contributed by atoms with Crippen molar-refractivity contribution >= 4 is 11.9 Å². The second-order valence-corrected chi connectivity index (χ2v) is 19.4. The third-order valence-corrected chi connectivity index (χ3v) is 13.2. The zero-order chi connectivity index (χ0) is 44.5. The quantitative estimate of drug-likeness (QED) is 0.0418. The van der Waals surface area contributed by atoms with Crippen LogP contribution >= 0.6 is 0 Å². The Hall–Kier alpha value is -1.14. The van der Waals surface area contributed by atoms with Crippen molar-refractivity contribution < 1.29 is 24.5 Å². The van der Waals surface area contributed by atoms with Crippen LogP contribution in [0.2, 0.25) is 0 Å². The van der Waals surface area contributed by atoms with Crippen LogP contribution in [-0.4, -0.2) is 46.9 Å². The maximum Gasteiger partial charge on any atom is 0.306 e. The number of carbonyl (C=O) groups excluding carboxylic acids is 2. The Morgan fingerprint density at radius 3 is 1.00 bits per heavy atom. The maximum absolute atomic E-state index is 13.2. The van der Waals surface area contributed by atoms with Gasteiger partial charge in [0.25, 0.3) is 0 Å². The first-order valence-corrected chi connectivity index (χ1v) is 27.8. The molecule has 1 amide bonds. The lowest BCUT2D eigenvalue weighted by Gasteiger charge is -2.24. The Morgan fingerprint density at radius 1 is 0.410 bits per heavy atom. The SMILES string of the molecule is CCCCCCCCCCCCCCCCCCCC(=O)OC(CCCCCCCCCCCCCC)CC(=O)NC(CO)C(O)CCCCCCCCCCCCCCC. The molecule has 6 nitrogen and oxygen atoms in total. The molecule has 0 aliphatic heterocycles. The van der Waals surface area contributed by atoms with Crippen molar-refractivity contribution in [1.29, 1.82) is 0 Å². The molecule has 0 bridgehead atoms. The zero-order valence-corrected chi connectivity index (χ0v) is 41.6. The van der Waals surface area contributed by atoms with Crippen LogP contribution in [-0.2, 0) is 14.3 Å². The summed E-state index contributed by atoms with van der Waals surface area (Å²) in [7, 11) is 0. The van der Waals surface area contributed by atoms with E-state index in [0.29, 0.717) is 19.3 Å². The third kappa shape index (κ3) is 45.2. The molecule has 61 heavy (non-hydrogen) atoms. The third-order valence-electron chi connectivity index (χ3n) is 13.2. The standard InChI is InChI=1S/C55H109NO5/c1-4-7-10-13-16-19-22-25-26-27-28-30-33-36-39-42-45-48-55(60)61-51(46-43-40-37-34-31-24-21-18-15-12-9-6-3)49-54(59)56-52(50-57)53(58)47-44-41-38-35-32-29-23-20-17-14-11-8-5-2/h51-53,57-58H,4-50H2,1-3H3,(H,56,59). The number of ether oxygens (including phenoxy) is 1. The molecule has 0 aromatic carbocycles. The Bertz CT molecular complexity index is 882. The summed E-state index contributed by atoms with van der Waals surface area (Å²) in [5.41, 5.74) is 0. The largest absolute Gasteiger partial charge is 0.462 e. The van der Waals surface area contributed by atoms with Crippen LogP contribution in [0.25, 0.3) is 0 Å². The number of carbonyl (C=O) groups is 2. The van der Waals surface area contributed by atoms with Crippen molar-refractivity contribution in [2.45, 2.75) is 334 Å². The Labute approximate surface area is 381 Å². The molecule has 0 radical (unpaired) electrons. The molecule has 0 aromatic rings. The van der Waals surface area contributed by atoms with Gasteiger partial charge in [0, 0.05) is 6.42 Å². The minimum Gasteiger partial charge on any atom is -0.462 e. The van der Waals surface area contributed by atoms with Crippen molar-refractivity contribution in [2.75, 3.05) is 6.61 Å². The lowest BCUT2D eigenvalue weighted by Crippen LogP contribution is -2.46. The highest BCUT2D eigenvalue weighted by Gasteiger charge is 2.24. The second-order valence-electron chi connectivity index (χ2n) is 19.4. The normalized spacial score (nSPS) is 13.1. The Balaban J connectivity index is 4.45. The lowest BCUT2D eigenvalue weighted by molar-refractivity contribution is -0.151. The van der Waals surface area contributed by atoms with Crippen LogP contribution in [0.5, 0.6) is 0 Å². The van der Waals surface area contributed by atoms with Gasteiger partial charge < -0.3 is 20.3 Å². The van der Waals surface area contributed by atoms with E-state index in [-0.39, 0.29) is 24.9 Å². The molecule has 0 heterocycles. The molecule has 0 rings (SSSR count). The van der Waals surface area contributed by atoms with Crippen LogP contribution in [0.4, 0.5) is 0 Å². The smallest absolute Gasteiger partial charge is 0.306 e. The molecule has 6 heteroatoms. The van der Waals surface area contributed by atoms with Gasteiger partial charge in [-0.15, -0.1) is 0 Å². The summed E-state index contributed by atoms with van der Waals surface area (Å²) in [5.74, 6) is -0.447. The highest BCUT2D eigenvalue weighted by Crippen LogP contribution is 2.19. The topological polar surface area (TPSA) is 95.9 Å². The van der Waals surface area contributed by atoms with E-state index in [0.717, 1.165) is 38.5 Å². The lowest BCUT2D eigenvalue weighted by atomic mass is 10.0. The van der Waals surface area contributed by atoms with E-state index in [2.05, 4.69) is 26.1 Å². The van der Waals surface area contributed by atoms with Crippen molar-refractivity contribution in [1.82, 2.24) is 5.32 Å². The average molecular weight is 864 g/mol. The highest BCUT2D eigenvalue weighted by atomic mass is 16.5. The van der Waals surface area contributed by atoms with E-state index in [4.69, 9.17) is 4.74 Å². The highest BCUT2D eigenvalue weighted by molar-refractivity contribution is 5.77.